The van der Waals surface area contributed by atoms with E-state index in [9.17, 15) is 0 Å². The van der Waals surface area contributed by atoms with Crippen molar-refractivity contribution in [3.8, 4) is 62.1 Å². The van der Waals surface area contributed by atoms with E-state index in [4.69, 9.17) is 9.72 Å². The van der Waals surface area contributed by atoms with Gasteiger partial charge in [0.15, 0.2) is 0 Å². The summed E-state index contributed by atoms with van der Waals surface area (Å²) in [6, 6.07) is 79.0. The second-order valence-corrected chi connectivity index (χ2v) is 25.7. The first-order valence-corrected chi connectivity index (χ1v) is 28.6. The monoisotopic (exact) mass is 1060 g/mol. The Morgan fingerprint density at radius 3 is 1.70 bits per heavy atom. The van der Waals surface area contributed by atoms with Crippen LogP contribution in [-0.4, -0.2) is 14.1 Å². The summed E-state index contributed by atoms with van der Waals surface area (Å²) < 4.78 is 13.7. The van der Waals surface area contributed by atoms with Crippen molar-refractivity contribution in [1.82, 2.24) is 14.1 Å². The van der Waals surface area contributed by atoms with E-state index in [0.717, 1.165) is 90.2 Å². The summed E-state index contributed by atoms with van der Waals surface area (Å²) in [5.74, 6) is 2.32. The molecular formula is C76H72N4O. The van der Waals surface area contributed by atoms with Crippen LogP contribution in [0.2, 0.25) is 0 Å². The zero-order chi connectivity index (χ0) is 56.4. The predicted molar refractivity (Wildman–Crippen MR) is 338 cm³/mol. The smallest absolute Gasteiger partial charge is 0.269 e. The van der Waals surface area contributed by atoms with E-state index < -0.39 is 0 Å². The van der Waals surface area contributed by atoms with Crippen LogP contribution in [0.4, 0.5) is 0 Å². The molecule has 0 amide bonds. The lowest BCUT2D eigenvalue weighted by atomic mass is 9.78. The molecule has 5 nitrogen and oxygen atoms in total. The third-order valence-electron chi connectivity index (χ3n) is 16.3. The zero-order valence-electron chi connectivity index (χ0n) is 48.8. The number of nitrogens with zero attached hydrogens (tertiary/aromatic N) is 4. The van der Waals surface area contributed by atoms with Crippen molar-refractivity contribution in [2.24, 2.45) is 0 Å². The minimum Gasteiger partial charge on any atom is -0.458 e. The molecular weight excluding hydrogens is 985 g/mol. The Morgan fingerprint density at radius 2 is 1.01 bits per heavy atom. The molecule has 0 radical (unpaired) electrons. The zero-order valence-corrected chi connectivity index (χ0v) is 48.8. The van der Waals surface area contributed by atoms with Crippen LogP contribution in [0, 0.1) is 6.33 Å². The summed E-state index contributed by atoms with van der Waals surface area (Å²) in [5.41, 5.74) is 19.4. The van der Waals surface area contributed by atoms with Crippen molar-refractivity contribution in [3.63, 3.8) is 0 Å². The van der Waals surface area contributed by atoms with Gasteiger partial charge in [-0.15, -0.1) is 0 Å². The molecule has 0 unspecified atom stereocenters. The maximum Gasteiger partial charge on any atom is 0.269 e. The highest BCUT2D eigenvalue weighted by Crippen LogP contribution is 2.42. The Bertz CT molecular complexity index is 4260. The van der Waals surface area contributed by atoms with E-state index in [0.29, 0.717) is 0 Å². The lowest BCUT2D eigenvalue weighted by Crippen LogP contribution is -2.31. The molecule has 9 aromatic carbocycles. The molecule has 12 rings (SSSR count). The third kappa shape index (κ3) is 10.3. The quantitative estimate of drug-likeness (QED) is 0.0956. The van der Waals surface area contributed by atoms with Crippen LogP contribution in [0.5, 0.6) is 11.5 Å². The maximum absolute atomic E-state index is 6.95. The van der Waals surface area contributed by atoms with Gasteiger partial charge in [-0.25, -0.2) is 4.98 Å². The van der Waals surface area contributed by atoms with Gasteiger partial charge in [-0.3, -0.25) is 13.7 Å². The number of pyridine rings is 1. The van der Waals surface area contributed by atoms with E-state index >= 15 is 0 Å². The fourth-order valence-corrected chi connectivity index (χ4v) is 11.6. The summed E-state index contributed by atoms with van der Waals surface area (Å²) >= 11 is 0. The number of rotatable bonds is 11. The molecule has 402 valence electrons. The van der Waals surface area contributed by atoms with Crippen molar-refractivity contribution in [2.45, 2.75) is 104 Å². The first kappa shape index (κ1) is 52.9. The molecule has 0 fully saturated rings. The van der Waals surface area contributed by atoms with Gasteiger partial charge in [-0.2, -0.15) is 0 Å². The molecule has 0 saturated heterocycles. The highest BCUT2D eigenvalue weighted by Gasteiger charge is 2.27. The first-order valence-electron chi connectivity index (χ1n) is 28.6. The Kier molecular flexibility index (Phi) is 13.3. The Morgan fingerprint density at radius 1 is 0.432 bits per heavy atom. The van der Waals surface area contributed by atoms with Crippen LogP contribution in [-0.2, 0) is 28.1 Å². The molecule has 0 spiro atoms. The molecule has 0 saturated carbocycles. The average Bonchev–Trinajstić information content (AvgIpc) is 4.17. The van der Waals surface area contributed by atoms with Crippen LogP contribution in [0.15, 0.2) is 225 Å². The highest BCUT2D eigenvalue weighted by atomic mass is 16.5. The van der Waals surface area contributed by atoms with Gasteiger partial charge in [0, 0.05) is 28.6 Å². The molecule has 12 aromatic rings. The first-order chi connectivity index (χ1) is 38.8. The number of imidazole rings is 1. The second kappa shape index (κ2) is 20.4. The molecule has 0 aliphatic carbocycles. The lowest BCUT2D eigenvalue weighted by molar-refractivity contribution is -0.571. The number of hydrogen-bond acceptors (Lipinski definition) is 2. The van der Waals surface area contributed by atoms with Crippen LogP contribution >= 0.6 is 0 Å². The van der Waals surface area contributed by atoms with Crippen LogP contribution in [0.25, 0.3) is 83.4 Å². The number of benzene rings is 9. The van der Waals surface area contributed by atoms with Crippen molar-refractivity contribution >= 4 is 32.8 Å². The van der Waals surface area contributed by atoms with Gasteiger partial charge in [0.2, 0.25) is 0 Å². The van der Waals surface area contributed by atoms with E-state index in [1.807, 2.05) is 6.07 Å². The number of aromatic nitrogens is 4. The Hall–Kier alpha value is -8.80. The SMILES string of the molecule is CC(C)(C)c1ccc(-c2cnc(-n3c4ccccc4c4ccc(Oc5cccc(-n6[c-][n+](-c7c(-c8ccccc8)cccc7-c7cc(C(C)(C)C)cc(C(C)(C)C)c7)c7ccccc76)c5)cc43)cc2CC(C)(C)c2ccccc2)cc1. The lowest BCUT2D eigenvalue weighted by Gasteiger charge is -2.27. The topological polar surface area (TPSA) is 35.9 Å². The molecule has 3 heterocycles. The predicted octanol–water partition coefficient (Wildman–Crippen LogP) is 19.4. The fourth-order valence-electron chi connectivity index (χ4n) is 11.6. The largest absolute Gasteiger partial charge is 0.458 e. The van der Waals surface area contributed by atoms with Crippen molar-refractivity contribution < 1.29 is 9.30 Å². The Balaban J connectivity index is 0.959. The molecule has 0 N–H and O–H groups in total. The minimum absolute atomic E-state index is 0.0477. The molecule has 0 aliphatic heterocycles. The minimum atomic E-state index is -0.147. The van der Waals surface area contributed by atoms with Gasteiger partial charge in [0.25, 0.3) is 6.33 Å². The molecule has 0 bridgehead atoms. The Labute approximate surface area is 478 Å². The average molecular weight is 1060 g/mol. The third-order valence-corrected chi connectivity index (χ3v) is 16.3. The van der Waals surface area contributed by atoms with Gasteiger partial charge in [-0.05, 0) is 126 Å². The van der Waals surface area contributed by atoms with Crippen LogP contribution in [0.1, 0.15) is 104 Å². The van der Waals surface area contributed by atoms with E-state index in [-0.39, 0.29) is 21.7 Å². The molecule has 5 heteroatoms. The van der Waals surface area contributed by atoms with Gasteiger partial charge in [0.05, 0.1) is 33.4 Å². The van der Waals surface area contributed by atoms with Gasteiger partial charge < -0.3 is 4.74 Å². The van der Waals surface area contributed by atoms with Crippen LogP contribution in [0.3, 0.4) is 0 Å². The number of ether oxygens (including phenoxy) is 1. The van der Waals surface area contributed by atoms with E-state index in [1.54, 1.807) is 0 Å². The van der Waals surface area contributed by atoms with Gasteiger partial charge in [0.1, 0.15) is 17.3 Å². The van der Waals surface area contributed by atoms with Crippen LogP contribution < -0.4 is 9.30 Å². The van der Waals surface area contributed by atoms with Gasteiger partial charge >= 0.3 is 0 Å². The number of hydrogen-bond donors (Lipinski definition) is 0. The second-order valence-electron chi connectivity index (χ2n) is 25.7. The summed E-state index contributed by atoms with van der Waals surface area (Å²) in [7, 11) is 0. The van der Waals surface area contributed by atoms with Crippen molar-refractivity contribution in [3.05, 3.63) is 259 Å². The molecule has 3 aromatic heterocycles. The number of fused-ring (bicyclic) bond motifs is 4. The van der Waals surface area contributed by atoms with E-state index in [2.05, 4.69) is 315 Å². The molecule has 0 atom stereocenters. The van der Waals surface area contributed by atoms with Crippen molar-refractivity contribution in [2.75, 3.05) is 0 Å². The molecule has 0 aliphatic rings. The summed E-state index contributed by atoms with van der Waals surface area (Å²) in [6.07, 6.45) is 6.82. The standard InChI is InChI=1S/C76H72N4O/c1-73(2,3)55-38-36-52(37-39-55)66-49-77-71(44-54(66)48-76(10,11)56-26-16-13-17-27-56)80-67-33-19-18-30-64(67)65-41-40-61(47-70(65)80)81-60-29-22-28-59(46-60)78-50-79(69-35-21-20-34-68(69)78)72-62(51-24-14-12-15-25-51)31-23-32-63(72)53-42-57(74(4,5)6)45-58(43-53)75(7,8)9/h12-47,49H,48H2,1-11H3. The maximum atomic E-state index is 6.95. The highest BCUT2D eigenvalue weighted by molar-refractivity contribution is 6.09. The fraction of sp³-hybridized carbons (Fsp3) is 0.211. The summed E-state index contributed by atoms with van der Waals surface area (Å²) in [6.45, 7) is 25.3. The van der Waals surface area contributed by atoms with E-state index in [1.165, 1.54) is 38.9 Å². The van der Waals surface area contributed by atoms with Gasteiger partial charge in [-0.1, -0.05) is 246 Å². The molecule has 81 heavy (non-hydrogen) atoms. The number of para-hydroxylation sites is 4. The summed E-state index contributed by atoms with van der Waals surface area (Å²) in [5, 5.41) is 2.29. The normalized spacial score (nSPS) is 12.4. The summed E-state index contributed by atoms with van der Waals surface area (Å²) in [4.78, 5) is 5.33. The van der Waals surface area contributed by atoms with Crippen molar-refractivity contribution in [1.29, 1.82) is 0 Å².